The Morgan fingerprint density at radius 3 is 2.56 bits per heavy atom. The lowest BCUT2D eigenvalue weighted by Crippen LogP contribution is -2.27. The van der Waals surface area contributed by atoms with E-state index in [9.17, 15) is 4.79 Å². The van der Waals surface area contributed by atoms with Crippen molar-refractivity contribution in [2.24, 2.45) is 0 Å². The molecule has 1 amide bonds. The zero-order valence-corrected chi connectivity index (χ0v) is 15.3. The largest absolute Gasteiger partial charge is 0.488 e. The second kappa shape index (κ2) is 6.89. The van der Waals surface area contributed by atoms with Crippen molar-refractivity contribution < 1.29 is 9.53 Å². The molecule has 4 nitrogen and oxygen atoms in total. The Bertz CT molecular complexity index is 760. The summed E-state index contributed by atoms with van der Waals surface area (Å²) in [7, 11) is 0. The van der Waals surface area contributed by atoms with Gasteiger partial charge >= 0.3 is 0 Å². The molecule has 3 rings (SSSR count). The molecule has 0 fully saturated rings. The summed E-state index contributed by atoms with van der Waals surface area (Å²) >= 11 is 0. The molecule has 2 aromatic carbocycles. The van der Waals surface area contributed by atoms with E-state index in [1.54, 1.807) is 12.1 Å². The molecule has 1 heterocycles. The fraction of sp³-hybridized carbons (Fsp3) is 0.381. The van der Waals surface area contributed by atoms with Gasteiger partial charge in [-0.1, -0.05) is 6.07 Å². The third-order valence-electron chi connectivity index (χ3n) is 4.26. The van der Waals surface area contributed by atoms with Gasteiger partial charge in [0.15, 0.2) is 0 Å². The lowest BCUT2D eigenvalue weighted by atomic mass is 9.95. The smallest absolute Gasteiger partial charge is 0.255 e. The fourth-order valence-electron chi connectivity index (χ4n) is 3.07. The molecule has 1 aliphatic heterocycles. The van der Waals surface area contributed by atoms with Crippen molar-refractivity contribution in [3.63, 3.8) is 0 Å². The van der Waals surface area contributed by atoms with Gasteiger partial charge in [-0.15, -0.1) is 0 Å². The van der Waals surface area contributed by atoms with E-state index in [1.807, 2.05) is 39.0 Å². The molecule has 0 spiro atoms. The first-order chi connectivity index (χ1) is 11.8. The molecular weight excluding hydrogens is 312 g/mol. The predicted molar refractivity (Wildman–Crippen MR) is 101 cm³/mol. The minimum atomic E-state index is -0.252. The number of amides is 1. The molecule has 0 aliphatic carbocycles. The van der Waals surface area contributed by atoms with Gasteiger partial charge < -0.3 is 15.4 Å². The summed E-state index contributed by atoms with van der Waals surface area (Å²) in [6.45, 7) is 9.15. The summed E-state index contributed by atoms with van der Waals surface area (Å²) in [5.74, 6) is 0.649. The Balaban J connectivity index is 1.71. The number of anilines is 1. The van der Waals surface area contributed by atoms with Crippen LogP contribution in [0, 0.1) is 0 Å². The average Bonchev–Trinajstić information content (AvgIpc) is 2.55. The minimum absolute atomic E-state index is 0.112. The first kappa shape index (κ1) is 17.5. The van der Waals surface area contributed by atoms with Crippen LogP contribution in [0.4, 0.5) is 5.69 Å². The van der Waals surface area contributed by atoms with Crippen molar-refractivity contribution in [1.29, 1.82) is 0 Å². The van der Waals surface area contributed by atoms with Crippen molar-refractivity contribution in [3.8, 4) is 5.75 Å². The number of carbonyl (C=O) groups excluding carboxylic acids is 1. The van der Waals surface area contributed by atoms with Gasteiger partial charge in [0.1, 0.15) is 11.4 Å². The van der Waals surface area contributed by atoms with Gasteiger partial charge in [0, 0.05) is 17.3 Å². The molecule has 0 aromatic heterocycles. The molecule has 4 heteroatoms. The SMILES string of the molecule is CC1NCCc2ccc(NC(=O)c3ccc(OC(C)(C)C)cc3)cc21. The summed E-state index contributed by atoms with van der Waals surface area (Å²) in [6, 6.07) is 13.7. The summed E-state index contributed by atoms with van der Waals surface area (Å²) in [5.41, 5.74) is 3.81. The quantitative estimate of drug-likeness (QED) is 0.876. The highest BCUT2D eigenvalue weighted by Gasteiger charge is 2.17. The second-order valence-electron chi connectivity index (χ2n) is 7.53. The van der Waals surface area contributed by atoms with Gasteiger partial charge in [-0.05, 0) is 88.2 Å². The van der Waals surface area contributed by atoms with Crippen LogP contribution in [0.3, 0.4) is 0 Å². The molecule has 1 atom stereocenters. The zero-order valence-electron chi connectivity index (χ0n) is 15.3. The summed E-state index contributed by atoms with van der Waals surface area (Å²) in [6.07, 6.45) is 1.03. The monoisotopic (exact) mass is 338 g/mol. The van der Waals surface area contributed by atoms with Gasteiger partial charge in [-0.25, -0.2) is 0 Å². The highest BCUT2D eigenvalue weighted by Crippen LogP contribution is 2.26. The molecule has 0 saturated carbocycles. The molecule has 25 heavy (non-hydrogen) atoms. The van der Waals surface area contributed by atoms with E-state index in [0.717, 1.165) is 24.4 Å². The van der Waals surface area contributed by atoms with Crippen LogP contribution in [0.5, 0.6) is 5.75 Å². The van der Waals surface area contributed by atoms with Crippen molar-refractivity contribution in [2.75, 3.05) is 11.9 Å². The predicted octanol–water partition coefficient (Wildman–Crippen LogP) is 4.32. The van der Waals surface area contributed by atoms with Crippen LogP contribution in [0.2, 0.25) is 0 Å². The molecule has 0 saturated heterocycles. The molecular formula is C21H26N2O2. The Kier molecular flexibility index (Phi) is 4.82. The number of rotatable bonds is 3. The summed E-state index contributed by atoms with van der Waals surface area (Å²) < 4.78 is 5.79. The van der Waals surface area contributed by atoms with Crippen LogP contribution in [0.25, 0.3) is 0 Å². The number of carbonyl (C=O) groups is 1. The van der Waals surface area contributed by atoms with E-state index in [2.05, 4.69) is 29.7 Å². The maximum Gasteiger partial charge on any atom is 0.255 e. The molecule has 1 aliphatic rings. The zero-order chi connectivity index (χ0) is 18.0. The highest BCUT2D eigenvalue weighted by molar-refractivity contribution is 6.04. The van der Waals surface area contributed by atoms with Gasteiger partial charge in [-0.2, -0.15) is 0 Å². The van der Waals surface area contributed by atoms with Gasteiger partial charge in [0.2, 0.25) is 0 Å². The molecule has 1 unspecified atom stereocenters. The van der Waals surface area contributed by atoms with Crippen molar-refractivity contribution in [1.82, 2.24) is 5.32 Å². The molecule has 2 N–H and O–H groups in total. The van der Waals surface area contributed by atoms with Crippen LogP contribution in [-0.4, -0.2) is 18.1 Å². The van der Waals surface area contributed by atoms with E-state index in [4.69, 9.17) is 4.74 Å². The van der Waals surface area contributed by atoms with E-state index in [-0.39, 0.29) is 11.5 Å². The van der Waals surface area contributed by atoms with E-state index in [1.165, 1.54) is 11.1 Å². The van der Waals surface area contributed by atoms with Gasteiger partial charge in [-0.3, -0.25) is 4.79 Å². The standard InChI is InChI=1S/C21H26N2O2/c1-14-19-13-17(8-5-15(19)11-12-22-14)23-20(24)16-6-9-18(10-7-16)25-21(2,3)4/h5-10,13-14,22H,11-12H2,1-4H3,(H,23,24). The minimum Gasteiger partial charge on any atom is -0.488 e. The van der Waals surface area contributed by atoms with Crippen molar-refractivity contribution >= 4 is 11.6 Å². The van der Waals surface area contributed by atoms with Crippen LogP contribution >= 0.6 is 0 Å². The normalized spacial score (nSPS) is 16.9. The number of ether oxygens (including phenoxy) is 1. The van der Waals surface area contributed by atoms with E-state index in [0.29, 0.717) is 11.6 Å². The van der Waals surface area contributed by atoms with Crippen molar-refractivity contribution in [3.05, 3.63) is 59.2 Å². The summed E-state index contributed by atoms with van der Waals surface area (Å²) in [5, 5.41) is 6.44. The summed E-state index contributed by atoms with van der Waals surface area (Å²) in [4.78, 5) is 12.5. The third-order valence-corrected chi connectivity index (χ3v) is 4.26. The van der Waals surface area contributed by atoms with Crippen LogP contribution in [0.15, 0.2) is 42.5 Å². The number of hydrogen-bond acceptors (Lipinski definition) is 3. The molecule has 132 valence electrons. The van der Waals surface area contributed by atoms with Gasteiger partial charge in [0.05, 0.1) is 0 Å². The maximum absolute atomic E-state index is 12.5. The van der Waals surface area contributed by atoms with E-state index >= 15 is 0 Å². The van der Waals surface area contributed by atoms with Crippen LogP contribution in [-0.2, 0) is 6.42 Å². The number of hydrogen-bond donors (Lipinski definition) is 2. The Morgan fingerprint density at radius 2 is 1.88 bits per heavy atom. The Morgan fingerprint density at radius 1 is 1.16 bits per heavy atom. The molecule has 0 radical (unpaired) electrons. The van der Waals surface area contributed by atoms with E-state index < -0.39 is 0 Å². The molecule has 2 aromatic rings. The first-order valence-corrected chi connectivity index (χ1v) is 8.78. The molecule has 0 bridgehead atoms. The van der Waals surface area contributed by atoms with Crippen LogP contribution in [0.1, 0.15) is 55.2 Å². The number of nitrogens with one attached hydrogen (secondary N) is 2. The topological polar surface area (TPSA) is 50.4 Å². The van der Waals surface area contributed by atoms with Gasteiger partial charge in [0.25, 0.3) is 5.91 Å². The number of benzene rings is 2. The maximum atomic E-state index is 12.5. The Labute approximate surface area is 149 Å². The fourth-order valence-corrected chi connectivity index (χ4v) is 3.07. The number of fused-ring (bicyclic) bond motifs is 1. The first-order valence-electron chi connectivity index (χ1n) is 8.78. The average molecular weight is 338 g/mol. The Hall–Kier alpha value is -2.33. The van der Waals surface area contributed by atoms with Crippen LogP contribution < -0.4 is 15.4 Å². The lowest BCUT2D eigenvalue weighted by molar-refractivity contribution is 0.102. The second-order valence-corrected chi connectivity index (χ2v) is 7.53. The highest BCUT2D eigenvalue weighted by atomic mass is 16.5. The third kappa shape index (κ3) is 4.40. The van der Waals surface area contributed by atoms with Crippen molar-refractivity contribution in [2.45, 2.75) is 45.8 Å². The lowest BCUT2D eigenvalue weighted by Gasteiger charge is -2.24.